The van der Waals surface area contributed by atoms with Crippen molar-refractivity contribution in [3.63, 3.8) is 0 Å². The van der Waals surface area contributed by atoms with Crippen LogP contribution < -0.4 is 21.3 Å². The molecule has 0 spiro atoms. The van der Waals surface area contributed by atoms with Crippen LogP contribution in [0.3, 0.4) is 0 Å². The van der Waals surface area contributed by atoms with Gasteiger partial charge in [-0.1, -0.05) is 66.7 Å². The molecule has 0 aliphatic carbocycles. The van der Waals surface area contributed by atoms with Gasteiger partial charge in [0.15, 0.2) is 5.82 Å². The van der Waals surface area contributed by atoms with Crippen molar-refractivity contribution in [3.8, 4) is 0 Å². The van der Waals surface area contributed by atoms with E-state index in [0.29, 0.717) is 26.2 Å². The summed E-state index contributed by atoms with van der Waals surface area (Å²) in [5.74, 6) is 0.0162. The minimum absolute atomic E-state index is 0.0771. The number of ether oxygens (including phenoxy) is 1. The van der Waals surface area contributed by atoms with Crippen LogP contribution in [0, 0.1) is 0 Å². The summed E-state index contributed by atoms with van der Waals surface area (Å²) in [6.07, 6.45) is 4.91. The van der Waals surface area contributed by atoms with Crippen LogP contribution in [-0.4, -0.2) is 81.5 Å². The van der Waals surface area contributed by atoms with Crippen molar-refractivity contribution >= 4 is 29.4 Å². The number of anilines is 2. The first kappa shape index (κ1) is 32.3. The molecule has 1 aliphatic rings. The van der Waals surface area contributed by atoms with Gasteiger partial charge >= 0.3 is 0 Å². The van der Waals surface area contributed by atoms with E-state index in [0.717, 1.165) is 16.9 Å². The third-order valence-electron chi connectivity index (χ3n) is 7.67. The maximum atomic E-state index is 14.0. The predicted octanol–water partition coefficient (Wildman–Crippen LogP) is 2.59. The van der Waals surface area contributed by atoms with Crippen molar-refractivity contribution in [1.29, 1.82) is 0 Å². The highest BCUT2D eigenvalue weighted by Crippen LogP contribution is 2.24. The van der Waals surface area contributed by atoms with E-state index in [9.17, 15) is 14.4 Å². The number of amides is 3. The fourth-order valence-corrected chi connectivity index (χ4v) is 5.10. The lowest BCUT2D eigenvalue weighted by Gasteiger charge is -2.37. The van der Waals surface area contributed by atoms with Gasteiger partial charge in [0.1, 0.15) is 17.9 Å². The van der Waals surface area contributed by atoms with E-state index in [1.807, 2.05) is 83.8 Å². The lowest BCUT2D eigenvalue weighted by atomic mass is 10.0. The zero-order valence-corrected chi connectivity index (χ0v) is 26.1. The molecule has 46 heavy (non-hydrogen) atoms. The Balaban J connectivity index is 1.29. The summed E-state index contributed by atoms with van der Waals surface area (Å²) >= 11 is 0. The van der Waals surface area contributed by atoms with Crippen molar-refractivity contribution in [2.75, 3.05) is 43.0 Å². The van der Waals surface area contributed by atoms with Crippen molar-refractivity contribution in [3.05, 3.63) is 109 Å². The molecule has 2 atom stereocenters. The first-order valence-electron chi connectivity index (χ1n) is 15.2. The molecule has 5 rings (SSSR count). The second kappa shape index (κ2) is 14.8. The number of nitrogens with one attached hydrogen (secondary N) is 2. The molecule has 0 radical (unpaired) electrons. The van der Waals surface area contributed by atoms with Crippen LogP contribution in [0.4, 0.5) is 11.6 Å². The normalized spacial score (nSPS) is 14.8. The predicted molar refractivity (Wildman–Crippen MR) is 175 cm³/mol. The molecule has 12 heteroatoms. The maximum Gasteiger partial charge on any atom is 0.250 e. The number of hydrogen-bond acceptors (Lipinski definition) is 8. The molecule has 1 aliphatic heterocycles. The summed E-state index contributed by atoms with van der Waals surface area (Å²) in [6, 6.07) is 23.1. The largest absolute Gasteiger partial charge is 0.374 e. The third-order valence-corrected chi connectivity index (χ3v) is 7.67. The van der Waals surface area contributed by atoms with Gasteiger partial charge in [0.2, 0.25) is 11.8 Å². The minimum Gasteiger partial charge on any atom is -0.374 e. The fourth-order valence-electron chi connectivity index (χ4n) is 5.10. The van der Waals surface area contributed by atoms with Gasteiger partial charge in [-0.05, 0) is 37.1 Å². The Kier molecular flexibility index (Phi) is 10.4. The molecule has 2 aromatic carbocycles. The van der Waals surface area contributed by atoms with E-state index in [-0.39, 0.29) is 24.9 Å². The molecule has 1 saturated heterocycles. The van der Waals surface area contributed by atoms with Crippen LogP contribution in [-0.2, 0) is 25.7 Å². The molecule has 3 heterocycles. The summed E-state index contributed by atoms with van der Waals surface area (Å²) in [5, 5.41) is 5.46. The maximum absolute atomic E-state index is 14.0. The number of nitrogens with two attached hydrogens (primary N) is 1. The molecule has 4 aromatic rings. The number of carbonyl (C=O) groups excluding carboxylic acids is 3. The summed E-state index contributed by atoms with van der Waals surface area (Å²) in [4.78, 5) is 53.0. The van der Waals surface area contributed by atoms with Crippen LogP contribution >= 0.6 is 0 Å². The number of hydrogen-bond donors (Lipinski definition) is 3. The average Bonchev–Trinajstić information content (AvgIpc) is 3.52. The molecular formula is C34H40N8O4. The fraction of sp³-hybridized carbons (Fsp3) is 0.324. The standard InChI is InChI=1S/C34H40N8O4/c1-34(2,35)33(45)38-27(23-46-22-25-11-5-3-6-12-25)31(43)39-28-21-42(24-37-28)30(26-13-7-4-8-14-26)32(44)41-19-17-40(18-20-41)29-15-9-10-16-36-29/h3-16,21,24,27,30H,17-20,22-23,35H2,1-2H3,(H,38,45)(H,39,43). The van der Waals surface area contributed by atoms with Gasteiger partial charge in [0, 0.05) is 38.6 Å². The lowest BCUT2D eigenvalue weighted by Crippen LogP contribution is -2.56. The Labute approximate surface area is 268 Å². The van der Waals surface area contributed by atoms with E-state index in [1.165, 1.54) is 6.33 Å². The van der Waals surface area contributed by atoms with Crippen molar-refractivity contribution < 1.29 is 19.1 Å². The second-order valence-electron chi connectivity index (χ2n) is 11.8. The smallest absolute Gasteiger partial charge is 0.250 e. The van der Waals surface area contributed by atoms with Crippen LogP contribution in [0.5, 0.6) is 0 Å². The van der Waals surface area contributed by atoms with Crippen molar-refractivity contribution in [1.82, 2.24) is 24.8 Å². The molecule has 0 saturated carbocycles. The topological polar surface area (TPSA) is 148 Å². The summed E-state index contributed by atoms with van der Waals surface area (Å²) in [6.45, 7) is 5.70. The number of imidazole rings is 1. The van der Waals surface area contributed by atoms with E-state index < -0.39 is 29.4 Å². The molecule has 12 nitrogen and oxygen atoms in total. The Morgan fingerprint density at radius 2 is 1.59 bits per heavy atom. The average molecular weight is 625 g/mol. The Bertz CT molecular complexity index is 1580. The number of nitrogens with zero attached hydrogens (tertiary/aromatic N) is 5. The molecule has 1 fully saturated rings. The lowest BCUT2D eigenvalue weighted by molar-refractivity contribution is -0.133. The molecule has 0 bridgehead atoms. The van der Waals surface area contributed by atoms with Gasteiger partial charge in [0.25, 0.3) is 5.91 Å². The molecule has 240 valence electrons. The molecule has 4 N–H and O–H groups in total. The van der Waals surface area contributed by atoms with Crippen LogP contribution in [0.2, 0.25) is 0 Å². The Morgan fingerprint density at radius 1 is 0.913 bits per heavy atom. The van der Waals surface area contributed by atoms with Gasteiger partial charge in [0.05, 0.1) is 25.1 Å². The van der Waals surface area contributed by atoms with Crippen LogP contribution in [0.15, 0.2) is 97.6 Å². The number of carbonyl (C=O) groups is 3. The van der Waals surface area contributed by atoms with E-state index in [4.69, 9.17) is 10.5 Å². The number of aromatic nitrogens is 3. The number of benzene rings is 2. The summed E-state index contributed by atoms with van der Waals surface area (Å²) < 4.78 is 7.49. The van der Waals surface area contributed by atoms with Crippen molar-refractivity contribution in [2.24, 2.45) is 5.73 Å². The van der Waals surface area contributed by atoms with Crippen LogP contribution in [0.25, 0.3) is 0 Å². The zero-order valence-electron chi connectivity index (χ0n) is 26.1. The zero-order chi connectivity index (χ0) is 32.5. The first-order chi connectivity index (χ1) is 22.2. The number of rotatable bonds is 12. The van der Waals surface area contributed by atoms with Gasteiger partial charge in [-0.25, -0.2) is 9.97 Å². The Morgan fingerprint density at radius 3 is 2.24 bits per heavy atom. The van der Waals surface area contributed by atoms with Gasteiger partial charge < -0.3 is 35.5 Å². The van der Waals surface area contributed by atoms with Gasteiger partial charge in [-0.2, -0.15) is 0 Å². The monoisotopic (exact) mass is 624 g/mol. The number of piperazine rings is 1. The molecule has 2 aromatic heterocycles. The SMILES string of the molecule is CC(C)(N)C(=O)NC(COCc1ccccc1)C(=O)Nc1cn(C(C(=O)N2CCN(c3ccccn3)CC2)c2ccccc2)cn1. The summed E-state index contributed by atoms with van der Waals surface area (Å²) in [5.41, 5.74) is 6.50. The quantitative estimate of drug-likeness (QED) is 0.218. The van der Waals surface area contributed by atoms with Crippen LogP contribution in [0.1, 0.15) is 31.0 Å². The van der Waals surface area contributed by atoms with E-state index >= 15 is 0 Å². The second-order valence-corrected chi connectivity index (χ2v) is 11.8. The highest BCUT2D eigenvalue weighted by molar-refractivity contribution is 5.98. The Hall–Kier alpha value is -5.07. The molecular weight excluding hydrogens is 584 g/mol. The van der Waals surface area contributed by atoms with E-state index in [1.54, 1.807) is 30.8 Å². The van der Waals surface area contributed by atoms with E-state index in [2.05, 4.69) is 25.5 Å². The van der Waals surface area contributed by atoms with Crippen molar-refractivity contribution in [2.45, 2.75) is 38.1 Å². The van der Waals surface area contributed by atoms with Gasteiger partial charge in [-0.3, -0.25) is 14.4 Å². The third kappa shape index (κ3) is 8.34. The highest BCUT2D eigenvalue weighted by atomic mass is 16.5. The molecule has 3 amide bonds. The molecule has 2 unspecified atom stereocenters. The highest BCUT2D eigenvalue weighted by Gasteiger charge is 2.32. The number of pyridine rings is 1. The van der Waals surface area contributed by atoms with Gasteiger partial charge in [-0.15, -0.1) is 0 Å². The summed E-state index contributed by atoms with van der Waals surface area (Å²) in [7, 11) is 0. The minimum atomic E-state index is -1.20. The first-order valence-corrected chi connectivity index (χ1v) is 15.2.